The Bertz CT molecular complexity index is 3250. The van der Waals surface area contributed by atoms with Crippen LogP contribution in [0.2, 0.25) is 0 Å². The summed E-state index contributed by atoms with van der Waals surface area (Å²) < 4.78 is 7.96. The second kappa shape index (κ2) is 12.8. The van der Waals surface area contributed by atoms with Crippen LogP contribution in [0.5, 0.6) is 0 Å². The number of para-hydroxylation sites is 1. The van der Waals surface area contributed by atoms with E-state index in [4.69, 9.17) is 9.97 Å². The van der Waals surface area contributed by atoms with E-state index < -0.39 is 13.3 Å². The van der Waals surface area contributed by atoms with Gasteiger partial charge in [0.2, 0.25) is 0 Å². The molecule has 0 N–H and O–H groups in total. The molecule has 12 rings (SSSR count). The number of hydrogen-bond donors (Lipinski definition) is 0. The molecule has 0 spiro atoms. The molecule has 10 aromatic rings. The predicted octanol–water partition coefficient (Wildman–Crippen LogP) is 10.6. The van der Waals surface area contributed by atoms with Crippen molar-refractivity contribution in [2.24, 2.45) is 0 Å². The molecule has 0 atom stereocenters. The number of aromatic nitrogens is 3. The number of rotatable bonds is 5. The van der Waals surface area contributed by atoms with Crippen LogP contribution in [0.25, 0.3) is 72.5 Å². The molecule has 8 aromatic carbocycles. The molecule has 3 heterocycles. The number of hydrogen-bond acceptors (Lipinski definition) is 2. The van der Waals surface area contributed by atoms with Crippen LogP contribution in [-0.2, 0) is 5.41 Å². The van der Waals surface area contributed by atoms with Crippen molar-refractivity contribution in [2.45, 2.75) is 19.3 Å². The van der Waals surface area contributed by atoms with Gasteiger partial charge in [0.05, 0.1) is 0 Å². The minimum absolute atomic E-state index is 0.183. The van der Waals surface area contributed by atoms with E-state index in [0.717, 1.165) is 34.0 Å². The first-order valence-corrected chi connectivity index (χ1v) is 24.7. The van der Waals surface area contributed by atoms with Gasteiger partial charge in [-0.05, 0) is 0 Å². The molecule has 0 amide bonds. The van der Waals surface area contributed by atoms with E-state index in [0.29, 0.717) is 0 Å². The summed E-state index contributed by atoms with van der Waals surface area (Å²) in [6, 6.07) is 73.7. The van der Waals surface area contributed by atoms with Crippen molar-refractivity contribution in [2.75, 3.05) is 0 Å². The van der Waals surface area contributed by atoms with Crippen LogP contribution in [0, 0.1) is 0 Å². The van der Waals surface area contributed by atoms with Gasteiger partial charge in [-0.2, -0.15) is 0 Å². The maximum atomic E-state index is 5.70. The van der Waals surface area contributed by atoms with E-state index in [2.05, 4.69) is 219 Å². The Kier molecular flexibility index (Phi) is 7.45. The predicted molar refractivity (Wildman–Crippen MR) is 247 cm³/mol. The summed E-state index contributed by atoms with van der Waals surface area (Å²) in [6.07, 6.45) is 0. The summed E-state index contributed by atoms with van der Waals surface area (Å²) in [5.74, 6) is 0.744. The Balaban J connectivity index is 1.19. The van der Waals surface area contributed by atoms with Crippen LogP contribution in [0.4, 0.5) is 0 Å². The quantitative estimate of drug-likeness (QED) is 0.162. The van der Waals surface area contributed by atoms with Crippen molar-refractivity contribution in [3.05, 3.63) is 211 Å². The normalized spacial score (nSPS) is 14.2. The zero-order chi connectivity index (χ0) is 39.3. The second-order valence-corrected chi connectivity index (χ2v) is 24.2. The topological polar surface area (TPSA) is 30.7 Å². The van der Waals surface area contributed by atoms with Crippen molar-refractivity contribution in [3.8, 4) is 50.7 Å². The van der Waals surface area contributed by atoms with Gasteiger partial charge in [0.15, 0.2) is 0 Å². The summed E-state index contributed by atoms with van der Waals surface area (Å²) in [5.41, 5.74) is 14.2. The third-order valence-electron chi connectivity index (χ3n) is 13.0. The first kappa shape index (κ1) is 34.2. The molecule has 0 bridgehead atoms. The van der Waals surface area contributed by atoms with Crippen LogP contribution in [-0.4, -0.2) is 27.8 Å². The summed E-state index contributed by atoms with van der Waals surface area (Å²) in [5, 5.41) is 2.53. The van der Waals surface area contributed by atoms with E-state index in [-0.39, 0.29) is 5.41 Å². The standard InChI is InChI=1S/C55H39GeN3/c1-55(2)46-30-15-12-27-41(46)43-33-34-44-42-28-14-17-32-48(42)59(53(44)49(43)55)40-26-18-21-37(35-40)51-50-52(58-54(57-51)36-19-6-3-7-20-36)45-29-13-16-31-47(45)56(50,38-22-8-4-9-23-38)39-24-10-5-11-25-39/h3-35H,1-2H3. The van der Waals surface area contributed by atoms with Crippen molar-refractivity contribution in [1.82, 2.24) is 14.5 Å². The first-order chi connectivity index (χ1) is 29.0. The van der Waals surface area contributed by atoms with Gasteiger partial charge in [-0.15, -0.1) is 0 Å². The fourth-order valence-corrected chi connectivity index (χ4v) is 21.6. The van der Waals surface area contributed by atoms with Gasteiger partial charge in [-0.1, -0.05) is 0 Å². The fraction of sp³-hybridized carbons (Fsp3) is 0.0545. The van der Waals surface area contributed by atoms with Gasteiger partial charge >= 0.3 is 348 Å². The number of benzene rings is 8. The molecular formula is C55H39GeN3. The molecule has 0 fully saturated rings. The molecule has 59 heavy (non-hydrogen) atoms. The van der Waals surface area contributed by atoms with Crippen molar-refractivity contribution in [3.63, 3.8) is 0 Å². The summed E-state index contributed by atoms with van der Waals surface area (Å²) in [4.78, 5) is 11.3. The zero-order valence-corrected chi connectivity index (χ0v) is 35.0. The van der Waals surface area contributed by atoms with Crippen LogP contribution >= 0.6 is 0 Å². The molecule has 4 heteroatoms. The molecule has 3 nitrogen and oxygen atoms in total. The molecule has 0 radical (unpaired) electrons. The fourth-order valence-electron chi connectivity index (χ4n) is 10.6. The Morgan fingerprint density at radius 3 is 1.85 bits per heavy atom. The van der Waals surface area contributed by atoms with Gasteiger partial charge in [0.25, 0.3) is 0 Å². The average molecular weight is 815 g/mol. The third kappa shape index (κ3) is 4.77. The first-order valence-electron chi connectivity index (χ1n) is 20.5. The Morgan fingerprint density at radius 1 is 0.475 bits per heavy atom. The molecule has 1 aliphatic carbocycles. The van der Waals surface area contributed by atoms with Crippen LogP contribution in [0.3, 0.4) is 0 Å². The van der Waals surface area contributed by atoms with Gasteiger partial charge < -0.3 is 0 Å². The zero-order valence-electron chi connectivity index (χ0n) is 32.9. The van der Waals surface area contributed by atoms with Crippen LogP contribution in [0.15, 0.2) is 200 Å². The van der Waals surface area contributed by atoms with E-state index in [1.54, 1.807) is 0 Å². The second-order valence-electron chi connectivity index (χ2n) is 16.5. The van der Waals surface area contributed by atoms with Crippen LogP contribution in [0.1, 0.15) is 25.0 Å². The van der Waals surface area contributed by atoms with Gasteiger partial charge in [0, 0.05) is 0 Å². The van der Waals surface area contributed by atoms with E-state index >= 15 is 0 Å². The van der Waals surface area contributed by atoms with Crippen LogP contribution < -0.4 is 17.6 Å². The molecule has 0 saturated carbocycles. The number of fused-ring (bicyclic) bond motifs is 10. The van der Waals surface area contributed by atoms with Crippen molar-refractivity contribution >= 4 is 52.7 Å². The molecule has 2 aromatic heterocycles. The van der Waals surface area contributed by atoms with Crippen molar-refractivity contribution < 1.29 is 0 Å². The molecule has 1 aliphatic heterocycles. The Labute approximate surface area is 346 Å². The molecule has 0 saturated heterocycles. The van der Waals surface area contributed by atoms with Gasteiger partial charge in [-0.25, -0.2) is 0 Å². The SMILES string of the molecule is CC1(C)c2ccccc2-c2ccc3c4ccccc4n(-c4cccc(-c5nc(-c6ccccc6)nc6[c]5[Ge]([c]5ccccc5)([c]5ccccc5)[c]5ccccc5-6)c4)c3c21. The van der Waals surface area contributed by atoms with E-state index in [1.807, 2.05) is 0 Å². The average Bonchev–Trinajstić information content (AvgIpc) is 3.88. The molecule has 278 valence electrons. The van der Waals surface area contributed by atoms with Crippen molar-refractivity contribution in [1.29, 1.82) is 0 Å². The maximum absolute atomic E-state index is 5.70. The van der Waals surface area contributed by atoms with E-state index in [9.17, 15) is 0 Å². The summed E-state index contributed by atoms with van der Waals surface area (Å²) in [6.45, 7) is 4.78. The van der Waals surface area contributed by atoms with Gasteiger partial charge in [0.1, 0.15) is 0 Å². The summed E-state index contributed by atoms with van der Waals surface area (Å²) >= 11 is -3.75. The number of nitrogens with zero attached hydrogens (tertiary/aromatic N) is 3. The molecular weight excluding hydrogens is 775 g/mol. The Hall–Kier alpha value is -6.82. The third-order valence-corrected chi connectivity index (χ3v) is 23.3. The van der Waals surface area contributed by atoms with E-state index in [1.165, 1.54) is 67.2 Å². The minimum atomic E-state index is -3.75. The molecule has 0 unspecified atom stereocenters. The monoisotopic (exact) mass is 815 g/mol. The Morgan fingerprint density at radius 2 is 1.08 bits per heavy atom. The molecule has 2 aliphatic rings. The summed E-state index contributed by atoms with van der Waals surface area (Å²) in [7, 11) is 0. The van der Waals surface area contributed by atoms with Gasteiger partial charge in [-0.3, -0.25) is 0 Å².